The summed E-state index contributed by atoms with van der Waals surface area (Å²) >= 11 is 0. The molecule has 0 N–H and O–H groups in total. The highest BCUT2D eigenvalue weighted by Gasteiger charge is 2.34. The Kier molecular flexibility index (Phi) is 11.0. The van der Waals surface area contributed by atoms with Crippen molar-refractivity contribution < 1.29 is 22.3 Å². The Labute approximate surface area is 401 Å². The number of hydrogen-bond donors (Lipinski definition) is 0. The molecule has 0 saturated heterocycles. The average Bonchev–Trinajstić information content (AvgIpc) is 3.83. The van der Waals surface area contributed by atoms with Crippen molar-refractivity contribution in [1.82, 2.24) is 9.55 Å². The molecular formula is C60H54F4N4O. The van der Waals surface area contributed by atoms with Gasteiger partial charge in [-0.05, 0) is 135 Å². The predicted octanol–water partition coefficient (Wildman–Crippen LogP) is 17.0. The molecule has 69 heavy (non-hydrogen) atoms. The molecule has 1 aliphatic rings. The van der Waals surface area contributed by atoms with Crippen molar-refractivity contribution in [2.45, 2.75) is 78.6 Å². The van der Waals surface area contributed by atoms with E-state index in [1.54, 1.807) is 0 Å². The van der Waals surface area contributed by atoms with Gasteiger partial charge in [-0.2, -0.15) is 0 Å². The van der Waals surface area contributed by atoms with E-state index in [1.165, 1.54) is 29.8 Å². The average molecular weight is 923 g/mol. The fourth-order valence-corrected chi connectivity index (χ4v) is 9.48. The van der Waals surface area contributed by atoms with Gasteiger partial charge in [0.25, 0.3) is 0 Å². The highest BCUT2D eigenvalue weighted by molar-refractivity contribution is 6.09. The van der Waals surface area contributed by atoms with Crippen LogP contribution in [0.5, 0.6) is 11.5 Å². The van der Waals surface area contributed by atoms with Crippen LogP contribution < -0.4 is 14.5 Å². The van der Waals surface area contributed by atoms with E-state index >= 15 is 17.6 Å². The number of hydrogen-bond acceptors (Lipinski definition) is 4. The first-order valence-electron chi connectivity index (χ1n) is 23.3. The predicted molar refractivity (Wildman–Crippen MR) is 274 cm³/mol. The molecule has 9 heteroatoms. The fraction of sp³-hybridized carbons (Fsp3) is 0.217. The number of rotatable bonds is 7. The first-order chi connectivity index (χ1) is 32.7. The van der Waals surface area contributed by atoms with Gasteiger partial charge in [-0.15, -0.1) is 0 Å². The Morgan fingerprint density at radius 1 is 0.464 bits per heavy atom. The van der Waals surface area contributed by atoms with Crippen LogP contribution in [0.25, 0.3) is 49.9 Å². The van der Waals surface area contributed by atoms with Crippen LogP contribution in [0.15, 0.2) is 152 Å². The minimum absolute atomic E-state index is 0.0731. The lowest BCUT2D eigenvalue weighted by Crippen LogP contribution is -2.26. The second-order valence-electron chi connectivity index (χ2n) is 21.2. The van der Waals surface area contributed by atoms with Crippen LogP contribution in [0.4, 0.5) is 40.3 Å². The summed E-state index contributed by atoms with van der Waals surface area (Å²) in [6.07, 6.45) is 1.87. The minimum atomic E-state index is -0.738. The van der Waals surface area contributed by atoms with Crippen molar-refractivity contribution in [2.75, 3.05) is 16.5 Å². The zero-order valence-corrected chi connectivity index (χ0v) is 40.3. The van der Waals surface area contributed by atoms with Crippen molar-refractivity contribution in [3.8, 4) is 39.6 Å². The first-order valence-corrected chi connectivity index (χ1v) is 23.3. The number of aromatic nitrogens is 2. The van der Waals surface area contributed by atoms with E-state index < -0.39 is 28.7 Å². The number of anilines is 4. The molecule has 348 valence electrons. The normalized spacial score (nSPS) is 13.2. The Morgan fingerprint density at radius 3 is 1.59 bits per heavy atom. The SMILES string of the molecule is CC(C)(C)c1cc(Oc2ccc3c4ccccc4n(-c4cc(C(C)(C)C)ccn4)c3c2)cc(N2CN(c3c(-c4cc(F)cc(F)c4)cc(C(C)(C)C)cc3-c3cc(F)cc(F)c3)c3ccccc32)c1. The summed E-state index contributed by atoms with van der Waals surface area (Å²) < 4.78 is 70.1. The van der Waals surface area contributed by atoms with E-state index in [-0.39, 0.29) is 17.5 Å². The van der Waals surface area contributed by atoms with Crippen LogP contribution in [0, 0.1) is 23.3 Å². The molecule has 0 saturated carbocycles. The van der Waals surface area contributed by atoms with Crippen LogP contribution in [-0.2, 0) is 16.2 Å². The molecule has 0 atom stereocenters. The van der Waals surface area contributed by atoms with Gasteiger partial charge in [0.1, 0.15) is 47.3 Å². The molecule has 0 amide bonds. The van der Waals surface area contributed by atoms with Crippen molar-refractivity contribution in [3.63, 3.8) is 0 Å². The first kappa shape index (κ1) is 45.4. The van der Waals surface area contributed by atoms with Gasteiger partial charge in [0.05, 0.1) is 28.1 Å². The molecule has 0 spiro atoms. The summed E-state index contributed by atoms with van der Waals surface area (Å²) in [4.78, 5) is 9.12. The van der Waals surface area contributed by atoms with Gasteiger partial charge in [0, 0.05) is 58.0 Å². The van der Waals surface area contributed by atoms with Gasteiger partial charge in [0.15, 0.2) is 0 Å². The summed E-state index contributed by atoms with van der Waals surface area (Å²) in [5, 5.41) is 2.19. The summed E-state index contributed by atoms with van der Waals surface area (Å²) in [6.45, 7) is 19.4. The molecule has 0 radical (unpaired) electrons. The summed E-state index contributed by atoms with van der Waals surface area (Å²) in [5.74, 6) is -0.851. The molecule has 3 heterocycles. The van der Waals surface area contributed by atoms with Gasteiger partial charge < -0.3 is 14.5 Å². The Bertz CT molecular complexity index is 3370. The van der Waals surface area contributed by atoms with E-state index in [1.807, 2.05) is 81.6 Å². The van der Waals surface area contributed by atoms with Crippen LogP contribution >= 0.6 is 0 Å². The number of benzene rings is 7. The third-order valence-electron chi connectivity index (χ3n) is 13.1. The number of nitrogens with zero attached hydrogens (tertiary/aromatic N) is 4. The third kappa shape index (κ3) is 8.60. The Hall–Kier alpha value is -7.39. The highest BCUT2D eigenvalue weighted by atomic mass is 19.1. The Morgan fingerprint density at radius 2 is 1.00 bits per heavy atom. The molecule has 0 fully saturated rings. The molecule has 7 aromatic carbocycles. The van der Waals surface area contributed by atoms with Gasteiger partial charge in [-0.1, -0.05) is 92.6 Å². The summed E-state index contributed by atoms with van der Waals surface area (Å²) in [6, 6.07) is 43.7. The highest BCUT2D eigenvalue weighted by Crippen LogP contribution is 2.52. The molecule has 1 aliphatic heterocycles. The molecule has 10 rings (SSSR count). The lowest BCUT2D eigenvalue weighted by molar-refractivity contribution is 0.479. The van der Waals surface area contributed by atoms with Crippen molar-refractivity contribution >= 4 is 44.6 Å². The zero-order chi connectivity index (χ0) is 48.7. The largest absolute Gasteiger partial charge is 0.457 e. The van der Waals surface area contributed by atoms with E-state index in [0.29, 0.717) is 39.4 Å². The molecular weight excluding hydrogens is 869 g/mol. The number of pyridine rings is 1. The third-order valence-corrected chi connectivity index (χ3v) is 13.1. The van der Waals surface area contributed by atoms with E-state index in [0.717, 1.165) is 67.9 Å². The molecule has 0 aliphatic carbocycles. The molecule has 5 nitrogen and oxygen atoms in total. The number of halogens is 4. The quantitative estimate of drug-likeness (QED) is 0.149. The monoisotopic (exact) mass is 922 g/mol. The smallest absolute Gasteiger partial charge is 0.137 e. The van der Waals surface area contributed by atoms with Crippen LogP contribution in [0.2, 0.25) is 0 Å². The molecule has 2 aromatic heterocycles. The van der Waals surface area contributed by atoms with Gasteiger partial charge in [0.2, 0.25) is 0 Å². The maximum absolute atomic E-state index is 15.2. The number of fused-ring (bicyclic) bond motifs is 4. The number of para-hydroxylation sites is 3. The lowest BCUT2D eigenvalue weighted by atomic mass is 9.82. The van der Waals surface area contributed by atoms with Crippen LogP contribution in [0.3, 0.4) is 0 Å². The summed E-state index contributed by atoms with van der Waals surface area (Å²) in [5.41, 5.74) is 8.87. The van der Waals surface area contributed by atoms with E-state index in [9.17, 15) is 0 Å². The summed E-state index contributed by atoms with van der Waals surface area (Å²) in [7, 11) is 0. The Balaban J connectivity index is 1.13. The van der Waals surface area contributed by atoms with Crippen molar-refractivity contribution in [1.29, 1.82) is 0 Å². The zero-order valence-electron chi connectivity index (χ0n) is 40.3. The maximum atomic E-state index is 15.2. The van der Waals surface area contributed by atoms with E-state index in [2.05, 4.69) is 111 Å². The van der Waals surface area contributed by atoms with Crippen molar-refractivity contribution in [2.24, 2.45) is 0 Å². The number of ether oxygens (including phenoxy) is 1. The minimum Gasteiger partial charge on any atom is -0.457 e. The second-order valence-corrected chi connectivity index (χ2v) is 21.2. The van der Waals surface area contributed by atoms with Crippen LogP contribution in [-0.4, -0.2) is 16.2 Å². The second kappa shape index (κ2) is 16.7. The van der Waals surface area contributed by atoms with E-state index in [4.69, 9.17) is 9.72 Å². The van der Waals surface area contributed by atoms with Crippen molar-refractivity contribution in [3.05, 3.63) is 192 Å². The standard InChI is InChI=1S/C60H54F4N4O/c1-58(2,3)38-20-21-65-56(30-38)68-52-15-11-10-14-48(52)49-19-18-46(34-55(49)68)69-47-27-39(59(4,5)6)26-45(33-47)66-35-67(54-17-13-12-16-53(54)66)57-50(36-22-41(61)31-42(62)23-36)28-40(60(7,8)9)29-51(57)37-24-43(63)32-44(64)25-37/h10-34H,35H2,1-9H3. The van der Waals surface area contributed by atoms with Gasteiger partial charge >= 0.3 is 0 Å². The molecule has 9 aromatic rings. The fourth-order valence-electron chi connectivity index (χ4n) is 9.48. The molecule has 0 bridgehead atoms. The molecule has 0 unspecified atom stereocenters. The lowest BCUT2D eigenvalue weighted by Gasteiger charge is -2.30. The topological polar surface area (TPSA) is 33.5 Å². The van der Waals surface area contributed by atoms with Gasteiger partial charge in [-0.25, -0.2) is 22.5 Å². The van der Waals surface area contributed by atoms with Crippen LogP contribution in [0.1, 0.15) is 79.0 Å². The van der Waals surface area contributed by atoms with Gasteiger partial charge in [-0.3, -0.25) is 4.57 Å². The maximum Gasteiger partial charge on any atom is 0.137 e.